The van der Waals surface area contributed by atoms with Gasteiger partial charge in [-0.25, -0.2) is 8.42 Å². The first kappa shape index (κ1) is 17.2. The van der Waals surface area contributed by atoms with Crippen molar-refractivity contribution in [3.05, 3.63) is 36.4 Å². The summed E-state index contributed by atoms with van der Waals surface area (Å²) >= 11 is 0. The van der Waals surface area contributed by atoms with E-state index < -0.39 is 10.0 Å². The number of aliphatic hydroxyl groups excluding tert-OH is 1. The van der Waals surface area contributed by atoms with Crippen molar-refractivity contribution in [1.29, 1.82) is 0 Å². The van der Waals surface area contributed by atoms with Crippen molar-refractivity contribution >= 4 is 26.5 Å². The molecule has 0 spiro atoms. The fraction of sp³-hybridized carbons (Fsp3) is 0.444. The largest absolute Gasteiger partial charge is 0.396 e. The van der Waals surface area contributed by atoms with Gasteiger partial charge in [-0.15, -0.1) is 0 Å². The fourth-order valence-corrected chi connectivity index (χ4v) is 5.03. The van der Waals surface area contributed by atoms with Crippen LogP contribution in [0.4, 0.5) is 5.69 Å². The second-order valence-electron chi connectivity index (χ2n) is 6.55. The van der Waals surface area contributed by atoms with Crippen LogP contribution in [0.2, 0.25) is 0 Å². The molecule has 1 aliphatic rings. The highest BCUT2D eigenvalue weighted by Crippen LogP contribution is 2.32. The fourth-order valence-electron chi connectivity index (χ4n) is 3.35. The molecule has 3 rings (SSSR count). The number of fused-ring (bicyclic) bond motifs is 1. The van der Waals surface area contributed by atoms with Gasteiger partial charge in [-0.05, 0) is 30.9 Å². The van der Waals surface area contributed by atoms with Gasteiger partial charge in [0, 0.05) is 50.3 Å². The van der Waals surface area contributed by atoms with Crippen molar-refractivity contribution in [1.82, 2.24) is 4.31 Å². The quantitative estimate of drug-likeness (QED) is 0.921. The van der Waals surface area contributed by atoms with Crippen LogP contribution in [0.25, 0.3) is 10.8 Å². The third kappa shape index (κ3) is 3.01. The lowest BCUT2D eigenvalue weighted by atomic mass is 10.00. The molecule has 5 nitrogen and oxygen atoms in total. The molecule has 1 fully saturated rings. The van der Waals surface area contributed by atoms with E-state index in [1.807, 2.05) is 49.3 Å². The van der Waals surface area contributed by atoms with Gasteiger partial charge in [-0.2, -0.15) is 4.31 Å². The summed E-state index contributed by atoms with van der Waals surface area (Å²) in [5.74, 6) is 0.212. The Labute approximate surface area is 143 Å². The Bertz CT molecular complexity index is 825. The molecule has 0 bridgehead atoms. The molecule has 1 aliphatic heterocycles. The van der Waals surface area contributed by atoms with Crippen LogP contribution >= 0.6 is 0 Å². The summed E-state index contributed by atoms with van der Waals surface area (Å²) in [6, 6.07) is 11.2. The van der Waals surface area contributed by atoms with Crippen LogP contribution < -0.4 is 4.90 Å². The highest BCUT2D eigenvalue weighted by Gasteiger charge is 2.30. The van der Waals surface area contributed by atoms with Crippen LogP contribution in [0.15, 0.2) is 41.3 Å². The van der Waals surface area contributed by atoms with Crippen LogP contribution in [-0.2, 0) is 10.0 Å². The molecule has 0 amide bonds. The Morgan fingerprint density at radius 2 is 1.71 bits per heavy atom. The molecule has 0 saturated carbocycles. The lowest BCUT2D eigenvalue weighted by Gasteiger charge is -2.30. The van der Waals surface area contributed by atoms with Gasteiger partial charge in [-0.1, -0.05) is 24.3 Å². The Balaban J connectivity index is 2.04. The number of rotatable bonds is 4. The maximum absolute atomic E-state index is 13.1. The van der Waals surface area contributed by atoms with Crippen molar-refractivity contribution in [2.75, 3.05) is 38.7 Å². The summed E-state index contributed by atoms with van der Waals surface area (Å²) < 4.78 is 27.8. The summed E-state index contributed by atoms with van der Waals surface area (Å²) in [7, 11) is 0.378. The van der Waals surface area contributed by atoms with Crippen molar-refractivity contribution in [3.63, 3.8) is 0 Å². The van der Waals surface area contributed by atoms with Gasteiger partial charge in [0.25, 0.3) is 0 Å². The van der Waals surface area contributed by atoms with E-state index in [0.29, 0.717) is 30.8 Å². The highest BCUT2D eigenvalue weighted by molar-refractivity contribution is 7.89. The van der Waals surface area contributed by atoms with E-state index in [1.54, 1.807) is 10.4 Å². The Morgan fingerprint density at radius 3 is 2.33 bits per heavy atom. The minimum absolute atomic E-state index is 0.133. The molecule has 2 aromatic rings. The lowest BCUT2D eigenvalue weighted by molar-refractivity contribution is 0.170. The zero-order valence-corrected chi connectivity index (χ0v) is 15.0. The molecule has 6 heteroatoms. The predicted octanol–water partition coefficient (Wildman–Crippen LogP) is 2.30. The van der Waals surface area contributed by atoms with E-state index in [1.165, 1.54) is 0 Å². The molecule has 1 saturated heterocycles. The van der Waals surface area contributed by atoms with E-state index in [9.17, 15) is 13.5 Å². The molecule has 130 valence electrons. The maximum Gasteiger partial charge on any atom is 0.243 e. The Hall–Kier alpha value is -1.63. The monoisotopic (exact) mass is 348 g/mol. The minimum Gasteiger partial charge on any atom is -0.396 e. The van der Waals surface area contributed by atoms with E-state index in [0.717, 1.165) is 16.5 Å². The molecule has 2 aromatic carbocycles. The minimum atomic E-state index is -3.53. The summed E-state index contributed by atoms with van der Waals surface area (Å²) in [6.45, 7) is 1.07. The normalized spacial score (nSPS) is 17.3. The van der Waals surface area contributed by atoms with E-state index >= 15 is 0 Å². The van der Waals surface area contributed by atoms with E-state index in [-0.39, 0.29) is 12.5 Å². The van der Waals surface area contributed by atoms with Gasteiger partial charge < -0.3 is 10.0 Å². The van der Waals surface area contributed by atoms with Crippen LogP contribution in [0.3, 0.4) is 0 Å². The average Bonchev–Trinajstić information content (AvgIpc) is 2.60. The summed E-state index contributed by atoms with van der Waals surface area (Å²) in [4.78, 5) is 2.36. The molecule has 0 radical (unpaired) electrons. The first-order valence-corrected chi connectivity index (χ1v) is 9.69. The Morgan fingerprint density at radius 1 is 1.08 bits per heavy atom. The number of aliphatic hydroxyl groups is 1. The van der Waals surface area contributed by atoms with Crippen LogP contribution in [0, 0.1) is 5.92 Å². The molecule has 0 unspecified atom stereocenters. The molecule has 0 aliphatic carbocycles. The molecule has 1 heterocycles. The number of hydrogen-bond donors (Lipinski definition) is 1. The number of hydrogen-bond acceptors (Lipinski definition) is 4. The van der Waals surface area contributed by atoms with Gasteiger partial charge in [0.2, 0.25) is 10.0 Å². The van der Waals surface area contributed by atoms with Crippen LogP contribution in [-0.4, -0.2) is 51.6 Å². The molecular weight excluding hydrogens is 324 g/mol. The maximum atomic E-state index is 13.1. The highest BCUT2D eigenvalue weighted by atomic mass is 32.2. The zero-order valence-electron chi connectivity index (χ0n) is 14.1. The molecule has 24 heavy (non-hydrogen) atoms. The standard InChI is InChI=1S/C18H24N2O3S/c1-19(2)17-7-3-6-16-15(17)5-4-8-18(16)24(22,23)20-11-9-14(13-21)10-12-20/h3-8,14,21H,9-13H2,1-2H3. The van der Waals surface area contributed by atoms with E-state index in [2.05, 4.69) is 0 Å². The number of nitrogens with zero attached hydrogens (tertiary/aromatic N) is 2. The number of anilines is 1. The smallest absolute Gasteiger partial charge is 0.243 e. The number of piperidine rings is 1. The number of benzene rings is 2. The van der Waals surface area contributed by atoms with E-state index in [4.69, 9.17) is 0 Å². The predicted molar refractivity (Wildman–Crippen MR) is 96.8 cm³/mol. The van der Waals surface area contributed by atoms with Gasteiger partial charge in [-0.3, -0.25) is 0 Å². The van der Waals surface area contributed by atoms with Gasteiger partial charge >= 0.3 is 0 Å². The first-order chi connectivity index (χ1) is 11.4. The molecule has 0 aromatic heterocycles. The van der Waals surface area contributed by atoms with Crippen molar-refractivity contribution < 1.29 is 13.5 Å². The van der Waals surface area contributed by atoms with Gasteiger partial charge in [0.1, 0.15) is 0 Å². The zero-order chi connectivity index (χ0) is 17.3. The molecule has 1 N–H and O–H groups in total. The summed E-state index contributed by atoms with van der Waals surface area (Å²) in [5.41, 5.74) is 1.00. The second kappa shape index (κ2) is 6.70. The first-order valence-electron chi connectivity index (χ1n) is 8.25. The average molecular weight is 348 g/mol. The summed E-state index contributed by atoms with van der Waals surface area (Å²) in [5, 5.41) is 10.9. The third-order valence-corrected chi connectivity index (χ3v) is 6.75. The third-order valence-electron chi connectivity index (χ3n) is 4.79. The van der Waals surface area contributed by atoms with Crippen molar-refractivity contribution in [2.45, 2.75) is 17.7 Å². The van der Waals surface area contributed by atoms with Crippen LogP contribution in [0.5, 0.6) is 0 Å². The number of sulfonamides is 1. The van der Waals surface area contributed by atoms with Crippen molar-refractivity contribution in [2.24, 2.45) is 5.92 Å². The lowest BCUT2D eigenvalue weighted by Crippen LogP contribution is -2.39. The summed E-state index contributed by atoms with van der Waals surface area (Å²) in [6.07, 6.45) is 1.42. The Kier molecular flexibility index (Phi) is 4.80. The molecule has 0 atom stereocenters. The molecular formula is C18H24N2O3S. The second-order valence-corrected chi connectivity index (χ2v) is 8.46. The van der Waals surface area contributed by atoms with Crippen molar-refractivity contribution in [3.8, 4) is 0 Å². The SMILES string of the molecule is CN(C)c1cccc2c(S(=O)(=O)N3CCC(CO)CC3)cccc12. The topological polar surface area (TPSA) is 60.9 Å². The van der Waals surface area contributed by atoms with Crippen LogP contribution in [0.1, 0.15) is 12.8 Å². The van der Waals surface area contributed by atoms with Gasteiger partial charge in [0.15, 0.2) is 0 Å². The van der Waals surface area contributed by atoms with Gasteiger partial charge in [0.05, 0.1) is 4.90 Å².